The molecule has 4 aromatic carbocycles. The molecule has 50 heavy (non-hydrogen) atoms. The zero-order valence-electron chi connectivity index (χ0n) is 27.5. The van der Waals surface area contributed by atoms with Crippen molar-refractivity contribution in [2.45, 2.75) is 36.4 Å². The number of carbonyl (C=O) groups is 3. The van der Waals surface area contributed by atoms with Gasteiger partial charge in [-0.15, -0.1) is 0 Å². The fraction of sp³-hybridized carbons (Fsp3) is 0.270. The van der Waals surface area contributed by atoms with Crippen molar-refractivity contribution in [3.8, 4) is 28.4 Å². The van der Waals surface area contributed by atoms with Gasteiger partial charge in [-0.25, -0.2) is 12.8 Å². The van der Waals surface area contributed by atoms with Crippen LogP contribution in [0.2, 0.25) is 0 Å². The van der Waals surface area contributed by atoms with Crippen LogP contribution in [0.25, 0.3) is 11.1 Å². The van der Waals surface area contributed by atoms with Crippen LogP contribution in [0.15, 0.2) is 89.8 Å². The molecule has 0 saturated carbocycles. The number of nitrogens with zero attached hydrogens (tertiary/aromatic N) is 1. The first-order chi connectivity index (χ1) is 23.9. The second kappa shape index (κ2) is 14.6. The van der Waals surface area contributed by atoms with E-state index >= 15 is 0 Å². The Morgan fingerprint density at radius 1 is 0.980 bits per heavy atom. The highest BCUT2D eigenvalue weighted by molar-refractivity contribution is 7.90. The number of rotatable bonds is 4. The van der Waals surface area contributed by atoms with Gasteiger partial charge >= 0.3 is 0 Å². The molecule has 2 aliphatic heterocycles. The van der Waals surface area contributed by atoms with Crippen LogP contribution in [0, 0.1) is 5.82 Å². The zero-order valence-corrected chi connectivity index (χ0v) is 28.3. The topological polar surface area (TPSA) is 140 Å². The number of fused-ring (bicyclic) bond motifs is 8. The summed E-state index contributed by atoms with van der Waals surface area (Å²) in [7, 11) is -1.85. The van der Waals surface area contributed by atoms with E-state index in [0.717, 1.165) is 6.26 Å². The number of ether oxygens (including phenoxy) is 3. The Labute approximate surface area is 289 Å². The minimum atomic E-state index is -3.38. The van der Waals surface area contributed by atoms with E-state index < -0.39 is 39.6 Å². The van der Waals surface area contributed by atoms with Crippen molar-refractivity contribution >= 4 is 27.6 Å². The fourth-order valence-electron chi connectivity index (χ4n) is 6.02. The SMILES string of the molecule is COc1ccc2cc1-c1cccc(c1)OCC(=O)NCc1cc(F)cc(c1)O[C@@H]1CCN(C(=O)Cc3ccc(S(C)(=O)=O)cc3)C[C@H]1NC2=O. The summed E-state index contributed by atoms with van der Waals surface area (Å²) in [4.78, 5) is 41.8. The van der Waals surface area contributed by atoms with E-state index in [2.05, 4.69) is 10.6 Å². The highest BCUT2D eigenvalue weighted by Crippen LogP contribution is 2.33. The maximum atomic E-state index is 14.8. The summed E-state index contributed by atoms with van der Waals surface area (Å²) in [5.74, 6) is -0.444. The molecular weight excluding hydrogens is 665 g/mol. The van der Waals surface area contributed by atoms with E-state index in [1.54, 1.807) is 59.5 Å². The van der Waals surface area contributed by atoms with E-state index in [1.807, 2.05) is 6.07 Å². The number of carbonyl (C=O) groups excluding carboxylic acids is 3. The van der Waals surface area contributed by atoms with Crippen molar-refractivity contribution in [1.82, 2.24) is 15.5 Å². The Morgan fingerprint density at radius 2 is 1.78 bits per heavy atom. The van der Waals surface area contributed by atoms with Crippen LogP contribution in [0.4, 0.5) is 4.39 Å². The molecule has 2 heterocycles. The van der Waals surface area contributed by atoms with E-state index in [9.17, 15) is 27.2 Å². The number of methoxy groups -OCH3 is 1. The van der Waals surface area contributed by atoms with Crippen molar-refractivity contribution in [2.75, 3.05) is 33.1 Å². The third kappa shape index (κ3) is 8.23. The Hall–Kier alpha value is -5.43. The van der Waals surface area contributed by atoms with Gasteiger partial charge in [-0.2, -0.15) is 0 Å². The minimum absolute atomic E-state index is 0.0255. The molecule has 6 bridgehead atoms. The monoisotopic (exact) mass is 701 g/mol. The average molecular weight is 702 g/mol. The summed E-state index contributed by atoms with van der Waals surface area (Å²) in [6, 6.07) is 21.7. The van der Waals surface area contributed by atoms with Gasteiger partial charge < -0.3 is 29.7 Å². The van der Waals surface area contributed by atoms with Crippen molar-refractivity contribution in [3.05, 3.63) is 107 Å². The second-order valence-corrected chi connectivity index (χ2v) is 14.3. The predicted octanol–water partition coefficient (Wildman–Crippen LogP) is 3.93. The molecule has 13 heteroatoms. The molecule has 0 radical (unpaired) electrons. The van der Waals surface area contributed by atoms with Crippen molar-refractivity contribution in [3.63, 3.8) is 0 Å². The van der Waals surface area contributed by atoms with E-state index in [4.69, 9.17) is 14.2 Å². The zero-order chi connectivity index (χ0) is 35.4. The number of piperidine rings is 1. The van der Waals surface area contributed by atoms with Gasteiger partial charge in [0.2, 0.25) is 5.91 Å². The van der Waals surface area contributed by atoms with E-state index in [1.165, 1.54) is 31.4 Å². The Kier molecular flexibility index (Phi) is 10.0. The van der Waals surface area contributed by atoms with Gasteiger partial charge in [0.1, 0.15) is 29.2 Å². The van der Waals surface area contributed by atoms with Gasteiger partial charge in [0.05, 0.1) is 24.5 Å². The molecule has 0 unspecified atom stereocenters. The van der Waals surface area contributed by atoms with Crippen molar-refractivity contribution in [2.24, 2.45) is 0 Å². The van der Waals surface area contributed by atoms with Crippen molar-refractivity contribution < 1.29 is 41.4 Å². The Balaban J connectivity index is 1.31. The molecule has 0 spiro atoms. The highest BCUT2D eigenvalue weighted by Gasteiger charge is 2.34. The first kappa shape index (κ1) is 34.4. The van der Waals surface area contributed by atoms with Crippen LogP contribution in [0.5, 0.6) is 17.2 Å². The van der Waals surface area contributed by atoms with Gasteiger partial charge in [0.15, 0.2) is 16.4 Å². The molecule has 4 aromatic rings. The lowest BCUT2D eigenvalue weighted by Crippen LogP contribution is -2.58. The number of hydrogen-bond donors (Lipinski definition) is 2. The van der Waals surface area contributed by atoms with Gasteiger partial charge in [0, 0.05) is 49.5 Å². The molecule has 2 atom stereocenters. The number of likely N-dealkylation sites (tertiary alicyclic amines) is 1. The molecule has 1 fully saturated rings. The summed E-state index contributed by atoms with van der Waals surface area (Å²) < 4.78 is 56.1. The standard InChI is InChI=1S/C37H36FN3O8S/c1-47-33-11-8-26-18-31(33)25-4-3-5-28(17-25)48-22-35(42)39-20-24-14-27(38)19-29(15-24)49-34-12-13-41(21-32(34)40-37(26)44)36(43)16-23-6-9-30(10-7-23)50(2,45)46/h3-11,14-15,17-19,32,34H,12-13,16,20-22H2,1-2H3,(H,39,42)(H,40,44)/t32-,34-/m1/s1. The largest absolute Gasteiger partial charge is 0.496 e. The van der Waals surface area contributed by atoms with Crippen LogP contribution in [0.1, 0.15) is 27.9 Å². The summed E-state index contributed by atoms with van der Waals surface area (Å²) in [5, 5.41) is 5.78. The molecule has 6 rings (SSSR count). The van der Waals surface area contributed by atoms with Crippen molar-refractivity contribution in [1.29, 1.82) is 0 Å². The number of benzene rings is 4. The summed E-state index contributed by atoms with van der Waals surface area (Å²) >= 11 is 0. The fourth-order valence-corrected chi connectivity index (χ4v) is 6.65. The van der Waals surface area contributed by atoms with Crippen LogP contribution in [0.3, 0.4) is 0 Å². The van der Waals surface area contributed by atoms with Gasteiger partial charge in [0.25, 0.3) is 11.8 Å². The van der Waals surface area contributed by atoms with E-state index in [-0.39, 0.29) is 42.7 Å². The van der Waals surface area contributed by atoms with Crippen LogP contribution in [-0.4, -0.2) is 76.2 Å². The van der Waals surface area contributed by atoms with Gasteiger partial charge in [-0.1, -0.05) is 24.3 Å². The summed E-state index contributed by atoms with van der Waals surface area (Å²) in [6.07, 6.45) is 0.837. The molecule has 0 aliphatic carbocycles. The molecule has 260 valence electrons. The lowest BCUT2D eigenvalue weighted by molar-refractivity contribution is -0.133. The average Bonchev–Trinajstić information content (AvgIpc) is 3.09. The minimum Gasteiger partial charge on any atom is -0.496 e. The second-order valence-electron chi connectivity index (χ2n) is 12.3. The smallest absolute Gasteiger partial charge is 0.258 e. The molecular formula is C37H36FN3O8S. The number of hydrogen-bond acceptors (Lipinski definition) is 8. The third-order valence-corrected chi connectivity index (χ3v) is 9.74. The maximum absolute atomic E-state index is 14.8. The summed E-state index contributed by atoms with van der Waals surface area (Å²) in [5.41, 5.74) is 2.75. The number of halogens is 1. The molecule has 3 amide bonds. The van der Waals surface area contributed by atoms with Crippen LogP contribution < -0.4 is 24.8 Å². The van der Waals surface area contributed by atoms with Gasteiger partial charge in [-0.3, -0.25) is 14.4 Å². The Bertz CT molecular complexity index is 2040. The van der Waals surface area contributed by atoms with E-state index in [0.29, 0.717) is 52.3 Å². The van der Waals surface area contributed by atoms with Gasteiger partial charge in [-0.05, 0) is 71.3 Å². The quantitative estimate of drug-likeness (QED) is 0.326. The summed E-state index contributed by atoms with van der Waals surface area (Å²) in [6.45, 7) is 0.167. The predicted molar refractivity (Wildman–Crippen MR) is 182 cm³/mol. The molecule has 2 N–H and O–H groups in total. The maximum Gasteiger partial charge on any atom is 0.258 e. The molecule has 1 saturated heterocycles. The number of nitrogens with one attached hydrogen (secondary N) is 2. The first-order valence-corrected chi connectivity index (χ1v) is 17.9. The highest BCUT2D eigenvalue weighted by atomic mass is 32.2. The molecule has 2 aliphatic rings. The normalized spacial score (nSPS) is 18.1. The van der Waals surface area contributed by atoms with Crippen LogP contribution in [-0.2, 0) is 32.4 Å². The lowest BCUT2D eigenvalue weighted by Gasteiger charge is -2.39. The number of sulfone groups is 1. The first-order valence-electron chi connectivity index (χ1n) is 16.0. The van der Waals surface area contributed by atoms with Crippen LogP contribution >= 0.6 is 0 Å². The third-order valence-electron chi connectivity index (χ3n) is 8.61. The Morgan fingerprint density at radius 3 is 2.54 bits per heavy atom. The lowest BCUT2D eigenvalue weighted by atomic mass is 9.98. The number of amides is 3. The molecule has 0 aromatic heterocycles. The molecule has 11 nitrogen and oxygen atoms in total.